The molecule has 2 aromatic rings. The van der Waals surface area contributed by atoms with Crippen LogP contribution in [0.1, 0.15) is 18.9 Å². The van der Waals surface area contributed by atoms with Crippen LogP contribution in [-0.2, 0) is 17.8 Å². The zero-order valence-electron chi connectivity index (χ0n) is 10.6. The number of nitrogens with two attached hydrogens (primary N) is 2. The lowest BCUT2D eigenvalue weighted by Gasteiger charge is -2.06. The van der Waals surface area contributed by atoms with Crippen molar-refractivity contribution in [1.82, 2.24) is 4.57 Å². The molecule has 0 aliphatic rings. The van der Waals surface area contributed by atoms with Gasteiger partial charge in [-0.2, -0.15) is 0 Å². The van der Waals surface area contributed by atoms with Gasteiger partial charge in [0.05, 0.1) is 0 Å². The maximum absolute atomic E-state index is 11.1. The van der Waals surface area contributed by atoms with E-state index in [1.807, 2.05) is 29.0 Å². The van der Waals surface area contributed by atoms with E-state index in [-0.39, 0.29) is 18.5 Å². The van der Waals surface area contributed by atoms with Crippen molar-refractivity contribution >= 4 is 16.8 Å². The lowest BCUT2D eigenvalue weighted by Crippen LogP contribution is -2.21. The lowest BCUT2D eigenvalue weighted by molar-refractivity contribution is -0.118. The van der Waals surface area contributed by atoms with Crippen LogP contribution < -0.4 is 11.5 Å². The molecule has 0 fully saturated rings. The molecular weight excluding hydrogens is 226 g/mol. The Balaban J connectivity index is 2.43. The van der Waals surface area contributed by atoms with E-state index in [0.29, 0.717) is 0 Å². The Morgan fingerprint density at radius 3 is 2.78 bits per heavy atom. The molecule has 0 aliphatic heterocycles. The van der Waals surface area contributed by atoms with Gasteiger partial charge in [-0.1, -0.05) is 25.1 Å². The Hall–Kier alpha value is -1.81. The number of benzene rings is 1. The summed E-state index contributed by atoms with van der Waals surface area (Å²) in [6, 6.07) is 8.17. The summed E-state index contributed by atoms with van der Waals surface area (Å²) in [5, 5.41) is 1.16. The van der Waals surface area contributed by atoms with Gasteiger partial charge in [-0.15, -0.1) is 0 Å². The van der Waals surface area contributed by atoms with Crippen molar-refractivity contribution in [3.63, 3.8) is 0 Å². The molecule has 0 bridgehead atoms. The van der Waals surface area contributed by atoms with Crippen molar-refractivity contribution in [2.24, 2.45) is 11.5 Å². The van der Waals surface area contributed by atoms with Crippen LogP contribution in [0.15, 0.2) is 30.5 Å². The van der Waals surface area contributed by atoms with Crippen LogP contribution in [0.4, 0.5) is 0 Å². The molecule has 1 atom stereocenters. The summed E-state index contributed by atoms with van der Waals surface area (Å²) in [6.07, 6.45) is 3.75. The standard InChI is InChI=1S/C14H19N3O/c1-2-11(15)7-10-8-17(9-14(16)18)13-6-4-3-5-12(10)13/h3-6,8,11H,2,7,9,15H2,1H3,(H2,16,18). The first-order valence-corrected chi connectivity index (χ1v) is 6.22. The maximum Gasteiger partial charge on any atom is 0.237 e. The molecule has 1 amide bonds. The summed E-state index contributed by atoms with van der Waals surface area (Å²) >= 11 is 0. The summed E-state index contributed by atoms with van der Waals surface area (Å²) in [5.41, 5.74) is 13.5. The maximum atomic E-state index is 11.1. The molecule has 4 heteroatoms. The van der Waals surface area contributed by atoms with Gasteiger partial charge in [-0.3, -0.25) is 4.79 Å². The molecular formula is C14H19N3O. The van der Waals surface area contributed by atoms with Crippen molar-refractivity contribution in [2.45, 2.75) is 32.4 Å². The van der Waals surface area contributed by atoms with Gasteiger partial charge in [-0.05, 0) is 24.5 Å². The highest BCUT2D eigenvalue weighted by atomic mass is 16.1. The van der Waals surface area contributed by atoms with Gasteiger partial charge in [0.1, 0.15) is 6.54 Å². The number of fused-ring (bicyclic) bond motifs is 1. The number of rotatable bonds is 5. The monoisotopic (exact) mass is 245 g/mol. The van der Waals surface area contributed by atoms with E-state index in [1.54, 1.807) is 0 Å². The summed E-state index contributed by atoms with van der Waals surface area (Å²) in [7, 11) is 0. The van der Waals surface area contributed by atoms with Gasteiger partial charge in [-0.25, -0.2) is 0 Å². The molecule has 0 radical (unpaired) electrons. The topological polar surface area (TPSA) is 74.0 Å². The van der Waals surface area contributed by atoms with E-state index < -0.39 is 0 Å². The smallest absolute Gasteiger partial charge is 0.237 e. The van der Waals surface area contributed by atoms with Crippen LogP contribution in [0.5, 0.6) is 0 Å². The van der Waals surface area contributed by atoms with Crippen LogP contribution in [0.2, 0.25) is 0 Å². The van der Waals surface area contributed by atoms with Gasteiger partial charge in [0.15, 0.2) is 0 Å². The number of amides is 1. The van der Waals surface area contributed by atoms with Crippen molar-refractivity contribution in [2.75, 3.05) is 0 Å². The number of carbonyl (C=O) groups excluding carboxylic acids is 1. The average molecular weight is 245 g/mol. The minimum Gasteiger partial charge on any atom is -0.368 e. The molecule has 0 aliphatic carbocycles. The fourth-order valence-corrected chi connectivity index (χ4v) is 2.21. The van der Waals surface area contributed by atoms with Crippen molar-refractivity contribution in [1.29, 1.82) is 0 Å². The molecule has 4 nitrogen and oxygen atoms in total. The van der Waals surface area contributed by atoms with E-state index in [2.05, 4.69) is 13.0 Å². The van der Waals surface area contributed by atoms with Gasteiger partial charge in [0.2, 0.25) is 5.91 Å². The molecule has 1 heterocycles. The second-order valence-electron chi connectivity index (χ2n) is 4.64. The predicted molar refractivity (Wildman–Crippen MR) is 73.1 cm³/mol. The molecule has 2 rings (SSSR count). The van der Waals surface area contributed by atoms with Crippen LogP contribution in [0.3, 0.4) is 0 Å². The average Bonchev–Trinajstić information content (AvgIpc) is 2.67. The first kappa shape index (κ1) is 12.6. The Kier molecular flexibility index (Phi) is 3.67. The molecule has 18 heavy (non-hydrogen) atoms. The summed E-state index contributed by atoms with van der Waals surface area (Å²) < 4.78 is 1.90. The molecule has 1 aromatic heterocycles. The minimum atomic E-state index is -0.331. The van der Waals surface area contributed by atoms with Gasteiger partial charge in [0.25, 0.3) is 0 Å². The summed E-state index contributed by atoms with van der Waals surface area (Å²) in [6.45, 7) is 2.29. The normalized spacial score (nSPS) is 12.8. The summed E-state index contributed by atoms with van der Waals surface area (Å²) in [4.78, 5) is 11.1. The highest BCUT2D eigenvalue weighted by molar-refractivity contribution is 5.86. The minimum absolute atomic E-state index is 0.151. The quantitative estimate of drug-likeness (QED) is 0.835. The van der Waals surface area contributed by atoms with Crippen LogP contribution in [-0.4, -0.2) is 16.5 Å². The largest absolute Gasteiger partial charge is 0.368 e. The van der Waals surface area contributed by atoms with Crippen molar-refractivity contribution in [3.05, 3.63) is 36.0 Å². The number of nitrogens with zero attached hydrogens (tertiary/aromatic N) is 1. The zero-order valence-corrected chi connectivity index (χ0v) is 10.6. The van der Waals surface area contributed by atoms with Gasteiger partial charge >= 0.3 is 0 Å². The molecule has 0 saturated carbocycles. The zero-order chi connectivity index (χ0) is 13.1. The Morgan fingerprint density at radius 2 is 2.11 bits per heavy atom. The third-order valence-electron chi connectivity index (χ3n) is 3.20. The highest BCUT2D eigenvalue weighted by Crippen LogP contribution is 2.22. The van der Waals surface area contributed by atoms with E-state index in [0.717, 1.165) is 23.7 Å². The number of para-hydroxylation sites is 1. The third kappa shape index (κ3) is 2.54. The number of primary amides is 1. The van der Waals surface area contributed by atoms with E-state index in [1.165, 1.54) is 5.56 Å². The molecule has 1 unspecified atom stereocenters. The third-order valence-corrected chi connectivity index (χ3v) is 3.20. The summed E-state index contributed by atoms with van der Waals surface area (Å²) in [5.74, 6) is -0.331. The second kappa shape index (κ2) is 5.23. The van der Waals surface area contributed by atoms with E-state index >= 15 is 0 Å². The van der Waals surface area contributed by atoms with E-state index in [4.69, 9.17) is 11.5 Å². The van der Waals surface area contributed by atoms with E-state index in [9.17, 15) is 4.79 Å². The fraction of sp³-hybridized carbons (Fsp3) is 0.357. The van der Waals surface area contributed by atoms with Crippen LogP contribution >= 0.6 is 0 Å². The number of hydrogen-bond donors (Lipinski definition) is 2. The Labute approximate surface area is 107 Å². The molecule has 4 N–H and O–H groups in total. The van der Waals surface area contributed by atoms with Crippen molar-refractivity contribution in [3.8, 4) is 0 Å². The fourth-order valence-electron chi connectivity index (χ4n) is 2.21. The Bertz CT molecular complexity index is 559. The highest BCUT2D eigenvalue weighted by Gasteiger charge is 2.11. The van der Waals surface area contributed by atoms with Gasteiger partial charge in [0, 0.05) is 23.1 Å². The first-order chi connectivity index (χ1) is 8.61. The van der Waals surface area contributed by atoms with Gasteiger partial charge < -0.3 is 16.0 Å². The second-order valence-corrected chi connectivity index (χ2v) is 4.64. The molecule has 1 aromatic carbocycles. The van der Waals surface area contributed by atoms with Crippen LogP contribution in [0.25, 0.3) is 10.9 Å². The lowest BCUT2D eigenvalue weighted by atomic mass is 10.0. The van der Waals surface area contributed by atoms with Crippen LogP contribution in [0, 0.1) is 0 Å². The number of hydrogen-bond acceptors (Lipinski definition) is 2. The Morgan fingerprint density at radius 1 is 1.39 bits per heavy atom. The number of aromatic nitrogens is 1. The first-order valence-electron chi connectivity index (χ1n) is 6.22. The number of carbonyl (C=O) groups is 1. The molecule has 96 valence electrons. The SMILES string of the molecule is CCC(N)Cc1cn(CC(N)=O)c2ccccc12. The predicted octanol–water partition coefficient (Wildman–Crippen LogP) is 1.41. The van der Waals surface area contributed by atoms with Crippen molar-refractivity contribution < 1.29 is 4.79 Å². The molecule has 0 spiro atoms. The molecule has 0 saturated heterocycles.